The summed E-state index contributed by atoms with van der Waals surface area (Å²) in [4.78, 5) is 19.7. The molecule has 0 unspecified atom stereocenters. The number of morpholine rings is 1. The first-order valence-corrected chi connectivity index (χ1v) is 12.3. The molecule has 1 amide bonds. The molecule has 1 aliphatic carbocycles. The van der Waals surface area contributed by atoms with Gasteiger partial charge in [-0.3, -0.25) is 9.69 Å². The number of benzene rings is 1. The van der Waals surface area contributed by atoms with Gasteiger partial charge in [-0.2, -0.15) is 0 Å². The van der Waals surface area contributed by atoms with Crippen molar-refractivity contribution in [3.63, 3.8) is 0 Å². The number of thiazole rings is 1. The highest BCUT2D eigenvalue weighted by Crippen LogP contribution is 2.25. The number of ether oxygens (including phenoxy) is 1. The summed E-state index contributed by atoms with van der Waals surface area (Å²) >= 11 is 1.63. The molecule has 30 heavy (non-hydrogen) atoms. The SMILES string of the molecule is O=C(Cc1csc(-c2cccc(CN3CCOCC3)c2)n1)NC1CCCCCCC1. The molecule has 6 heteroatoms. The first-order chi connectivity index (χ1) is 14.8. The Kier molecular flexibility index (Phi) is 7.89. The van der Waals surface area contributed by atoms with Gasteiger partial charge in [0.2, 0.25) is 5.91 Å². The summed E-state index contributed by atoms with van der Waals surface area (Å²) in [5.41, 5.74) is 3.31. The minimum Gasteiger partial charge on any atom is -0.379 e. The van der Waals surface area contributed by atoms with Gasteiger partial charge in [0.05, 0.1) is 25.3 Å². The molecule has 1 aromatic heterocycles. The quantitative estimate of drug-likeness (QED) is 0.742. The van der Waals surface area contributed by atoms with Crippen LogP contribution in [0.1, 0.15) is 56.2 Å². The van der Waals surface area contributed by atoms with Gasteiger partial charge in [0.25, 0.3) is 0 Å². The third-order valence-corrected chi connectivity index (χ3v) is 6.99. The average Bonchev–Trinajstić information content (AvgIpc) is 3.19. The van der Waals surface area contributed by atoms with Gasteiger partial charge in [0.15, 0.2) is 0 Å². The maximum atomic E-state index is 12.5. The number of amides is 1. The van der Waals surface area contributed by atoms with Crippen LogP contribution < -0.4 is 5.32 Å². The Hall–Kier alpha value is -1.76. The van der Waals surface area contributed by atoms with Crippen molar-refractivity contribution in [3.05, 3.63) is 40.9 Å². The van der Waals surface area contributed by atoms with Gasteiger partial charge in [0.1, 0.15) is 5.01 Å². The molecule has 0 spiro atoms. The summed E-state index contributed by atoms with van der Waals surface area (Å²) in [5, 5.41) is 6.27. The van der Waals surface area contributed by atoms with E-state index in [1.165, 1.54) is 37.7 Å². The molecule has 4 rings (SSSR count). The van der Waals surface area contributed by atoms with Crippen LogP contribution in [0, 0.1) is 0 Å². The van der Waals surface area contributed by atoms with Crippen molar-refractivity contribution in [2.45, 2.75) is 64.0 Å². The molecule has 2 aromatic rings. The van der Waals surface area contributed by atoms with Crippen LogP contribution in [0.5, 0.6) is 0 Å². The maximum absolute atomic E-state index is 12.5. The summed E-state index contributed by atoms with van der Waals surface area (Å²) in [6.45, 7) is 4.56. The Morgan fingerprint density at radius 3 is 2.70 bits per heavy atom. The summed E-state index contributed by atoms with van der Waals surface area (Å²) < 4.78 is 5.44. The highest BCUT2D eigenvalue weighted by atomic mass is 32.1. The Morgan fingerprint density at radius 1 is 1.13 bits per heavy atom. The minimum absolute atomic E-state index is 0.110. The normalized spacial score (nSPS) is 19.2. The van der Waals surface area contributed by atoms with Gasteiger partial charge in [-0.05, 0) is 24.5 Å². The number of nitrogens with zero attached hydrogens (tertiary/aromatic N) is 2. The fraction of sp³-hybridized carbons (Fsp3) is 0.583. The van der Waals surface area contributed by atoms with Gasteiger partial charge >= 0.3 is 0 Å². The van der Waals surface area contributed by atoms with E-state index in [0.717, 1.165) is 62.0 Å². The second-order valence-corrected chi connectivity index (χ2v) is 9.38. The topological polar surface area (TPSA) is 54.5 Å². The number of rotatable bonds is 6. The van der Waals surface area contributed by atoms with E-state index in [1.807, 2.05) is 5.38 Å². The molecule has 0 radical (unpaired) electrons. The number of aromatic nitrogens is 1. The lowest BCUT2D eigenvalue weighted by Gasteiger charge is -2.26. The van der Waals surface area contributed by atoms with E-state index in [9.17, 15) is 4.79 Å². The van der Waals surface area contributed by atoms with Crippen LogP contribution in [0.25, 0.3) is 10.6 Å². The Bertz CT molecular complexity index is 808. The minimum atomic E-state index is 0.110. The van der Waals surface area contributed by atoms with E-state index in [0.29, 0.717) is 12.5 Å². The largest absolute Gasteiger partial charge is 0.379 e. The number of carbonyl (C=O) groups excluding carboxylic acids is 1. The summed E-state index contributed by atoms with van der Waals surface area (Å²) in [6, 6.07) is 8.96. The average molecular weight is 428 g/mol. The molecule has 1 saturated heterocycles. The lowest BCUT2D eigenvalue weighted by Crippen LogP contribution is -2.36. The van der Waals surface area contributed by atoms with Gasteiger partial charge in [-0.1, -0.05) is 50.3 Å². The fourth-order valence-corrected chi connectivity index (χ4v) is 5.20. The summed E-state index contributed by atoms with van der Waals surface area (Å²) in [5.74, 6) is 0.110. The van der Waals surface area contributed by atoms with E-state index in [2.05, 4.69) is 34.5 Å². The van der Waals surface area contributed by atoms with Crippen molar-refractivity contribution in [2.24, 2.45) is 0 Å². The van der Waals surface area contributed by atoms with Crippen molar-refractivity contribution in [1.82, 2.24) is 15.2 Å². The molecule has 2 heterocycles. The molecule has 0 bridgehead atoms. The van der Waals surface area contributed by atoms with Crippen LogP contribution in [0.4, 0.5) is 0 Å². The third-order valence-electron chi connectivity index (χ3n) is 6.05. The van der Waals surface area contributed by atoms with E-state index >= 15 is 0 Å². The van der Waals surface area contributed by atoms with Crippen LogP contribution in [0.2, 0.25) is 0 Å². The zero-order valence-corrected chi connectivity index (χ0v) is 18.6. The number of hydrogen-bond donors (Lipinski definition) is 1. The second-order valence-electron chi connectivity index (χ2n) is 8.52. The van der Waals surface area contributed by atoms with E-state index in [1.54, 1.807) is 11.3 Å². The fourth-order valence-electron chi connectivity index (χ4n) is 4.38. The summed E-state index contributed by atoms with van der Waals surface area (Å²) in [6.07, 6.45) is 9.00. The molecule has 2 fully saturated rings. The summed E-state index contributed by atoms with van der Waals surface area (Å²) in [7, 11) is 0. The molecule has 1 aliphatic heterocycles. The van der Waals surface area contributed by atoms with Gasteiger partial charge < -0.3 is 10.1 Å². The van der Waals surface area contributed by atoms with Crippen LogP contribution in [-0.2, 0) is 22.5 Å². The smallest absolute Gasteiger partial charge is 0.226 e. The molecule has 162 valence electrons. The first-order valence-electron chi connectivity index (χ1n) is 11.4. The van der Waals surface area contributed by atoms with Gasteiger partial charge in [-0.25, -0.2) is 4.98 Å². The van der Waals surface area contributed by atoms with Crippen LogP contribution in [0.15, 0.2) is 29.6 Å². The van der Waals surface area contributed by atoms with E-state index < -0.39 is 0 Å². The molecular weight excluding hydrogens is 394 g/mol. The molecular formula is C24H33N3O2S. The highest BCUT2D eigenvalue weighted by Gasteiger charge is 2.16. The first kappa shape index (κ1) is 21.5. The highest BCUT2D eigenvalue weighted by molar-refractivity contribution is 7.13. The Balaban J connectivity index is 1.33. The zero-order valence-electron chi connectivity index (χ0n) is 17.8. The van der Waals surface area contributed by atoms with E-state index in [-0.39, 0.29) is 5.91 Å². The monoisotopic (exact) mass is 427 g/mol. The molecule has 1 saturated carbocycles. The van der Waals surface area contributed by atoms with Crippen molar-refractivity contribution >= 4 is 17.2 Å². The van der Waals surface area contributed by atoms with Crippen molar-refractivity contribution in [3.8, 4) is 10.6 Å². The van der Waals surface area contributed by atoms with Crippen molar-refractivity contribution in [2.75, 3.05) is 26.3 Å². The molecule has 2 aliphatic rings. The number of hydrogen-bond acceptors (Lipinski definition) is 5. The van der Waals surface area contributed by atoms with Crippen LogP contribution >= 0.6 is 11.3 Å². The number of nitrogens with one attached hydrogen (secondary N) is 1. The predicted octanol–water partition coefficient (Wildman–Crippen LogP) is 4.41. The van der Waals surface area contributed by atoms with Gasteiger partial charge in [0, 0.05) is 36.6 Å². The lowest BCUT2D eigenvalue weighted by molar-refractivity contribution is -0.121. The maximum Gasteiger partial charge on any atom is 0.226 e. The van der Waals surface area contributed by atoms with E-state index in [4.69, 9.17) is 9.72 Å². The standard InChI is InChI=1S/C24H33N3O2S/c28-23(25-21-9-4-2-1-3-5-10-21)16-22-18-30-24(26-22)20-8-6-7-19(15-20)17-27-11-13-29-14-12-27/h6-8,15,18,21H,1-5,9-14,16-17H2,(H,25,28). The zero-order chi connectivity index (χ0) is 20.6. The predicted molar refractivity (Wildman–Crippen MR) is 122 cm³/mol. The molecule has 5 nitrogen and oxygen atoms in total. The lowest BCUT2D eigenvalue weighted by atomic mass is 9.96. The van der Waals surface area contributed by atoms with Crippen molar-refractivity contribution < 1.29 is 9.53 Å². The van der Waals surface area contributed by atoms with Crippen LogP contribution in [0.3, 0.4) is 0 Å². The Morgan fingerprint density at radius 2 is 1.90 bits per heavy atom. The molecule has 0 atom stereocenters. The second kappa shape index (κ2) is 11.0. The van der Waals surface area contributed by atoms with Gasteiger partial charge in [-0.15, -0.1) is 11.3 Å². The van der Waals surface area contributed by atoms with Crippen molar-refractivity contribution in [1.29, 1.82) is 0 Å². The molecule has 1 aromatic carbocycles. The number of carbonyl (C=O) groups is 1. The molecule has 1 N–H and O–H groups in total. The third kappa shape index (κ3) is 6.37. The van der Waals surface area contributed by atoms with Crippen LogP contribution in [-0.4, -0.2) is 48.1 Å². The Labute approximate surface area is 183 Å².